The third kappa shape index (κ3) is 3.06. The first kappa shape index (κ1) is 18.5. The van der Waals surface area contributed by atoms with E-state index in [0.29, 0.717) is 33.0 Å². The maximum absolute atomic E-state index is 13.0. The fourth-order valence-corrected chi connectivity index (χ4v) is 3.89. The number of anilines is 2. The van der Waals surface area contributed by atoms with Crippen LogP contribution in [0.5, 0.6) is 0 Å². The summed E-state index contributed by atoms with van der Waals surface area (Å²) in [4.78, 5) is 13.0. The zero-order valence-electron chi connectivity index (χ0n) is 16.5. The minimum Gasteiger partial charge on any atom is -0.439 e. The fraction of sp³-hybridized carbons (Fsp3) is 0.0800. The summed E-state index contributed by atoms with van der Waals surface area (Å²) < 4.78 is 11.9. The molecule has 30 heavy (non-hydrogen) atoms. The van der Waals surface area contributed by atoms with E-state index in [1.54, 1.807) is 18.2 Å². The van der Waals surface area contributed by atoms with Gasteiger partial charge >= 0.3 is 5.63 Å². The van der Waals surface area contributed by atoms with Crippen LogP contribution in [0.25, 0.3) is 33.1 Å². The van der Waals surface area contributed by atoms with Gasteiger partial charge in [-0.25, -0.2) is 4.79 Å². The third-order valence-electron chi connectivity index (χ3n) is 5.21. The smallest absolute Gasteiger partial charge is 0.348 e. The number of furan rings is 1. The summed E-state index contributed by atoms with van der Waals surface area (Å²) in [7, 11) is 0. The number of para-hydroxylation sites is 1. The number of halogens is 1. The summed E-state index contributed by atoms with van der Waals surface area (Å²) in [5.41, 5.74) is 5.17. The summed E-state index contributed by atoms with van der Waals surface area (Å²) in [6.45, 7) is 4.08. The molecule has 0 saturated carbocycles. The highest BCUT2D eigenvalue weighted by molar-refractivity contribution is 6.30. The zero-order chi connectivity index (χ0) is 20.8. The average Bonchev–Trinajstić information content (AvgIpc) is 3.11. The molecule has 0 bridgehead atoms. The Bertz CT molecular complexity index is 1460. The van der Waals surface area contributed by atoms with Gasteiger partial charge < -0.3 is 14.2 Å². The molecule has 2 heterocycles. The van der Waals surface area contributed by atoms with E-state index in [9.17, 15) is 4.79 Å². The number of fused-ring (bicyclic) bond motifs is 3. The number of rotatable bonds is 3. The van der Waals surface area contributed by atoms with Crippen LogP contribution in [0.2, 0.25) is 5.02 Å². The molecule has 5 rings (SSSR count). The van der Waals surface area contributed by atoms with Gasteiger partial charge in [-0.3, -0.25) is 0 Å². The topological polar surface area (TPSA) is 55.4 Å². The lowest BCUT2D eigenvalue weighted by Gasteiger charge is -2.10. The molecule has 0 radical (unpaired) electrons. The van der Waals surface area contributed by atoms with Crippen molar-refractivity contribution in [1.29, 1.82) is 0 Å². The Morgan fingerprint density at radius 2 is 1.67 bits per heavy atom. The van der Waals surface area contributed by atoms with Gasteiger partial charge in [0.15, 0.2) is 5.58 Å². The summed E-state index contributed by atoms with van der Waals surface area (Å²) >= 11 is 6.09. The largest absolute Gasteiger partial charge is 0.439 e. The van der Waals surface area contributed by atoms with Crippen LogP contribution < -0.4 is 10.9 Å². The lowest BCUT2D eigenvalue weighted by molar-refractivity contribution is 0.566. The summed E-state index contributed by atoms with van der Waals surface area (Å²) in [5.74, 6) is 0.489. The van der Waals surface area contributed by atoms with E-state index in [2.05, 4.69) is 18.3 Å². The predicted octanol–water partition coefficient (Wildman–Crippen LogP) is 7.22. The van der Waals surface area contributed by atoms with Crippen LogP contribution in [0.1, 0.15) is 11.1 Å². The van der Waals surface area contributed by atoms with Crippen molar-refractivity contribution in [2.75, 3.05) is 5.32 Å². The molecule has 4 nitrogen and oxygen atoms in total. The number of hydrogen-bond donors (Lipinski definition) is 1. The van der Waals surface area contributed by atoms with Gasteiger partial charge in [0.25, 0.3) is 0 Å². The minimum atomic E-state index is -0.439. The SMILES string of the molecule is Cc1ccc(Nc2oc3c(c2-c2ccc(Cl)cc2)c(=O)oc2ccccc23)c(C)c1. The van der Waals surface area contributed by atoms with Gasteiger partial charge in [-0.05, 0) is 55.3 Å². The quantitative estimate of drug-likeness (QED) is 0.316. The van der Waals surface area contributed by atoms with E-state index in [-0.39, 0.29) is 0 Å². The highest BCUT2D eigenvalue weighted by Gasteiger charge is 2.23. The Balaban J connectivity index is 1.83. The molecule has 5 aromatic rings. The second-order valence-corrected chi connectivity index (χ2v) is 7.78. The highest BCUT2D eigenvalue weighted by atomic mass is 35.5. The Kier molecular flexibility index (Phi) is 4.37. The minimum absolute atomic E-state index is 0.406. The number of nitrogens with one attached hydrogen (secondary N) is 1. The molecule has 148 valence electrons. The van der Waals surface area contributed by atoms with Crippen molar-refractivity contribution >= 4 is 45.1 Å². The second kappa shape index (κ2) is 7.08. The fourth-order valence-electron chi connectivity index (χ4n) is 3.77. The third-order valence-corrected chi connectivity index (χ3v) is 5.46. The maximum Gasteiger partial charge on any atom is 0.348 e. The molecular formula is C25H18ClNO3. The van der Waals surface area contributed by atoms with Crippen molar-refractivity contribution in [2.45, 2.75) is 13.8 Å². The van der Waals surface area contributed by atoms with Gasteiger partial charge in [0.05, 0.1) is 10.9 Å². The van der Waals surface area contributed by atoms with E-state index in [1.165, 1.54) is 5.56 Å². The van der Waals surface area contributed by atoms with Crippen LogP contribution in [0, 0.1) is 13.8 Å². The van der Waals surface area contributed by atoms with Crippen LogP contribution in [0.4, 0.5) is 11.6 Å². The molecule has 0 atom stereocenters. The van der Waals surface area contributed by atoms with Crippen molar-refractivity contribution in [2.24, 2.45) is 0 Å². The molecular weight excluding hydrogens is 398 g/mol. The van der Waals surface area contributed by atoms with Crippen LogP contribution in [0.15, 0.2) is 80.4 Å². The van der Waals surface area contributed by atoms with Crippen molar-refractivity contribution in [3.63, 3.8) is 0 Å². The molecule has 3 aromatic carbocycles. The van der Waals surface area contributed by atoms with Crippen molar-refractivity contribution in [3.8, 4) is 11.1 Å². The lowest BCUT2D eigenvalue weighted by Crippen LogP contribution is -2.00. The molecule has 0 aliphatic rings. The van der Waals surface area contributed by atoms with Gasteiger partial charge in [0, 0.05) is 10.7 Å². The summed E-state index contributed by atoms with van der Waals surface area (Å²) in [5, 5.41) is 5.15. The van der Waals surface area contributed by atoms with E-state index >= 15 is 0 Å². The first-order chi connectivity index (χ1) is 14.5. The van der Waals surface area contributed by atoms with Gasteiger partial charge in [0.2, 0.25) is 5.88 Å². The molecule has 1 N–H and O–H groups in total. The predicted molar refractivity (Wildman–Crippen MR) is 122 cm³/mol. The number of aryl methyl sites for hydroxylation is 2. The molecule has 2 aromatic heterocycles. The number of benzene rings is 3. The lowest BCUT2D eigenvalue weighted by atomic mass is 10.0. The standard InChI is InChI=1S/C25H18ClNO3/c1-14-7-12-19(15(2)13-14)27-24-21(16-8-10-17(26)11-9-16)22-23(30-24)18-5-3-4-6-20(18)29-25(22)28/h3-13,27H,1-2H3. The average molecular weight is 416 g/mol. The van der Waals surface area contributed by atoms with Gasteiger partial charge in [0.1, 0.15) is 11.0 Å². The Morgan fingerprint density at radius 1 is 0.900 bits per heavy atom. The van der Waals surface area contributed by atoms with Gasteiger partial charge in [-0.15, -0.1) is 0 Å². The summed E-state index contributed by atoms with van der Waals surface area (Å²) in [6, 6.07) is 20.8. The molecule has 0 aliphatic heterocycles. The molecule has 0 unspecified atom stereocenters. The maximum atomic E-state index is 13.0. The van der Waals surface area contributed by atoms with E-state index in [1.807, 2.05) is 49.4 Å². The number of hydrogen-bond acceptors (Lipinski definition) is 4. The Hall–Kier alpha value is -3.50. The Labute approximate surface area is 177 Å². The van der Waals surface area contributed by atoms with Crippen molar-refractivity contribution < 1.29 is 8.83 Å². The first-order valence-corrected chi connectivity index (χ1v) is 9.97. The molecule has 0 saturated heterocycles. The zero-order valence-corrected chi connectivity index (χ0v) is 17.2. The van der Waals surface area contributed by atoms with Gasteiger partial charge in [-0.2, -0.15) is 0 Å². The van der Waals surface area contributed by atoms with Crippen molar-refractivity contribution in [1.82, 2.24) is 0 Å². The van der Waals surface area contributed by atoms with Crippen LogP contribution in [-0.4, -0.2) is 0 Å². The van der Waals surface area contributed by atoms with Crippen molar-refractivity contribution in [3.05, 3.63) is 93.3 Å². The van der Waals surface area contributed by atoms with E-state index < -0.39 is 5.63 Å². The normalized spacial score (nSPS) is 11.3. The molecule has 0 amide bonds. The van der Waals surface area contributed by atoms with E-state index in [0.717, 1.165) is 22.2 Å². The van der Waals surface area contributed by atoms with Gasteiger partial charge in [-0.1, -0.05) is 53.6 Å². The first-order valence-electron chi connectivity index (χ1n) is 9.60. The molecule has 0 aliphatic carbocycles. The highest BCUT2D eigenvalue weighted by Crippen LogP contribution is 2.41. The van der Waals surface area contributed by atoms with Crippen LogP contribution >= 0.6 is 11.6 Å². The monoisotopic (exact) mass is 415 g/mol. The second-order valence-electron chi connectivity index (χ2n) is 7.35. The van der Waals surface area contributed by atoms with Crippen LogP contribution in [-0.2, 0) is 0 Å². The molecule has 0 fully saturated rings. The molecule has 5 heteroatoms. The summed E-state index contributed by atoms with van der Waals surface area (Å²) in [6.07, 6.45) is 0. The van der Waals surface area contributed by atoms with E-state index in [4.69, 9.17) is 20.4 Å². The van der Waals surface area contributed by atoms with Crippen LogP contribution in [0.3, 0.4) is 0 Å². The molecule has 0 spiro atoms. The Morgan fingerprint density at radius 3 is 2.43 bits per heavy atom.